The highest BCUT2D eigenvalue weighted by Crippen LogP contribution is 2.19. The van der Waals surface area contributed by atoms with Crippen molar-refractivity contribution in [3.8, 4) is 0 Å². The summed E-state index contributed by atoms with van der Waals surface area (Å²) in [5.74, 6) is 0.500. The Bertz CT molecular complexity index is 193. The van der Waals surface area contributed by atoms with Crippen molar-refractivity contribution in [2.45, 2.75) is 52.3 Å². The second-order valence-electron chi connectivity index (χ2n) is 5.00. The van der Waals surface area contributed by atoms with E-state index >= 15 is 0 Å². The van der Waals surface area contributed by atoms with E-state index in [0.29, 0.717) is 19.0 Å². The third kappa shape index (κ3) is 9.41. The molecule has 1 atom stereocenters. The van der Waals surface area contributed by atoms with Crippen molar-refractivity contribution in [3.05, 3.63) is 0 Å². The average molecular weight is 254 g/mol. The second kappa shape index (κ2) is 7.93. The summed E-state index contributed by atoms with van der Waals surface area (Å²) in [6.45, 7) is 6.04. The number of nitrogens with zero attached hydrogens (tertiary/aromatic N) is 1. The molecule has 0 aromatic heterocycles. The van der Waals surface area contributed by atoms with Gasteiger partial charge in [0.1, 0.15) is 0 Å². The SMILES string of the molecule is CC(CCN)CCCN(CC(F)(F)F)C(C)C. The number of rotatable bonds is 8. The Hall–Kier alpha value is -0.290. The third-order valence-corrected chi connectivity index (χ3v) is 2.91. The zero-order chi connectivity index (χ0) is 13.5. The molecule has 5 heteroatoms. The van der Waals surface area contributed by atoms with Crippen LogP contribution in [0.25, 0.3) is 0 Å². The van der Waals surface area contributed by atoms with Crippen LogP contribution in [0.2, 0.25) is 0 Å². The van der Waals surface area contributed by atoms with Crippen LogP contribution in [0.3, 0.4) is 0 Å². The van der Waals surface area contributed by atoms with Crippen molar-refractivity contribution < 1.29 is 13.2 Å². The van der Waals surface area contributed by atoms with E-state index in [2.05, 4.69) is 6.92 Å². The Morgan fingerprint density at radius 3 is 2.12 bits per heavy atom. The highest BCUT2D eigenvalue weighted by Gasteiger charge is 2.31. The normalized spacial score (nSPS) is 14.6. The molecule has 0 aliphatic heterocycles. The van der Waals surface area contributed by atoms with Crippen LogP contribution in [0.1, 0.15) is 40.0 Å². The van der Waals surface area contributed by atoms with Gasteiger partial charge in [-0.15, -0.1) is 0 Å². The molecule has 2 nitrogen and oxygen atoms in total. The first-order valence-electron chi connectivity index (χ1n) is 6.27. The lowest BCUT2D eigenvalue weighted by Gasteiger charge is -2.27. The predicted molar refractivity (Wildman–Crippen MR) is 64.8 cm³/mol. The van der Waals surface area contributed by atoms with Gasteiger partial charge in [-0.05, 0) is 52.1 Å². The van der Waals surface area contributed by atoms with Crippen LogP contribution in [-0.2, 0) is 0 Å². The molecule has 0 saturated carbocycles. The molecule has 0 aliphatic rings. The van der Waals surface area contributed by atoms with Crippen LogP contribution in [0, 0.1) is 5.92 Å². The van der Waals surface area contributed by atoms with Crippen molar-refractivity contribution in [1.82, 2.24) is 4.90 Å². The van der Waals surface area contributed by atoms with E-state index < -0.39 is 12.7 Å². The Balaban J connectivity index is 3.94. The molecule has 17 heavy (non-hydrogen) atoms. The minimum absolute atomic E-state index is 0.0681. The van der Waals surface area contributed by atoms with E-state index in [-0.39, 0.29) is 6.04 Å². The van der Waals surface area contributed by atoms with Gasteiger partial charge in [0.05, 0.1) is 6.54 Å². The van der Waals surface area contributed by atoms with Gasteiger partial charge in [0.2, 0.25) is 0 Å². The number of hydrogen-bond donors (Lipinski definition) is 1. The molecule has 1 unspecified atom stereocenters. The first-order valence-corrected chi connectivity index (χ1v) is 6.27. The lowest BCUT2D eigenvalue weighted by Crippen LogP contribution is -2.39. The summed E-state index contributed by atoms with van der Waals surface area (Å²) in [7, 11) is 0. The maximum atomic E-state index is 12.3. The summed E-state index contributed by atoms with van der Waals surface area (Å²) in [5.41, 5.74) is 5.43. The van der Waals surface area contributed by atoms with E-state index in [1.807, 2.05) is 0 Å². The maximum Gasteiger partial charge on any atom is 0.401 e. The zero-order valence-corrected chi connectivity index (χ0v) is 11.1. The van der Waals surface area contributed by atoms with Gasteiger partial charge in [-0.1, -0.05) is 6.92 Å². The molecule has 0 spiro atoms. The highest BCUT2D eigenvalue weighted by atomic mass is 19.4. The number of alkyl halides is 3. The molecule has 0 aliphatic carbocycles. The molecule has 104 valence electrons. The fraction of sp³-hybridized carbons (Fsp3) is 1.00. The Morgan fingerprint density at radius 2 is 1.71 bits per heavy atom. The molecule has 0 heterocycles. The Labute approximate surface area is 102 Å². The molecule has 0 fully saturated rings. The van der Waals surface area contributed by atoms with Crippen LogP contribution >= 0.6 is 0 Å². The van der Waals surface area contributed by atoms with Gasteiger partial charge >= 0.3 is 6.18 Å². The molecule has 0 aromatic carbocycles. The van der Waals surface area contributed by atoms with Crippen molar-refractivity contribution >= 4 is 0 Å². The molecular formula is C12H25F3N2. The highest BCUT2D eigenvalue weighted by molar-refractivity contribution is 4.68. The van der Waals surface area contributed by atoms with Crippen LogP contribution in [0.4, 0.5) is 13.2 Å². The number of halogens is 3. The lowest BCUT2D eigenvalue weighted by atomic mass is 10.0. The van der Waals surface area contributed by atoms with Crippen LogP contribution in [0.15, 0.2) is 0 Å². The first-order chi connectivity index (χ1) is 7.76. The van der Waals surface area contributed by atoms with Crippen molar-refractivity contribution in [2.75, 3.05) is 19.6 Å². The standard InChI is InChI=1S/C12H25F3N2/c1-10(2)17(9-12(13,14)15)8-4-5-11(3)6-7-16/h10-11H,4-9,16H2,1-3H3. The van der Waals surface area contributed by atoms with Gasteiger partial charge in [-0.2, -0.15) is 13.2 Å². The summed E-state index contributed by atoms with van der Waals surface area (Å²) < 4.78 is 36.9. The monoisotopic (exact) mass is 254 g/mol. The van der Waals surface area contributed by atoms with Crippen molar-refractivity contribution in [1.29, 1.82) is 0 Å². The van der Waals surface area contributed by atoms with Crippen molar-refractivity contribution in [3.63, 3.8) is 0 Å². The van der Waals surface area contributed by atoms with Gasteiger partial charge in [-0.3, -0.25) is 4.90 Å². The van der Waals surface area contributed by atoms with E-state index in [9.17, 15) is 13.2 Å². The van der Waals surface area contributed by atoms with Crippen LogP contribution < -0.4 is 5.73 Å². The Morgan fingerprint density at radius 1 is 1.12 bits per heavy atom. The summed E-state index contributed by atoms with van der Waals surface area (Å²) in [6.07, 6.45) is -1.41. The van der Waals surface area contributed by atoms with E-state index in [4.69, 9.17) is 5.73 Å². The number of nitrogens with two attached hydrogens (primary N) is 1. The minimum atomic E-state index is -4.10. The molecule has 0 amide bonds. The second-order valence-corrected chi connectivity index (χ2v) is 5.00. The minimum Gasteiger partial charge on any atom is -0.330 e. The van der Waals surface area contributed by atoms with Crippen LogP contribution in [0.5, 0.6) is 0 Å². The number of hydrogen-bond acceptors (Lipinski definition) is 2. The Kier molecular flexibility index (Phi) is 7.79. The summed E-state index contributed by atoms with van der Waals surface area (Å²) in [4.78, 5) is 1.48. The fourth-order valence-electron chi connectivity index (χ4n) is 1.82. The molecule has 0 rings (SSSR count). The first kappa shape index (κ1) is 16.7. The molecule has 0 saturated heterocycles. The van der Waals surface area contributed by atoms with E-state index in [1.165, 1.54) is 4.90 Å². The topological polar surface area (TPSA) is 29.3 Å². The fourth-order valence-corrected chi connectivity index (χ4v) is 1.82. The predicted octanol–water partition coefficient (Wildman–Crippen LogP) is 3.02. The van der Waals surface area contributed by atoms with Gasteiger partial charge in [-0.25, -0.2) is 0 Å². The quantitative estimate of drug-likeness (QED) is 0.721. The zero-order valence-electron chi connectivity index (χ0n) is 11.1. The molecular weight excluding hydrogens is 229 g/mol. The smallest absolute Gasteiger partial charge is 0.330 e. The molecule has 2 N–H and O–H groups in total. The third-order valence-electron chi connectivity index (χ3n) is 2.91. The van der Waals surface area contributed by atoms with E-state index in [1.54, 1.807) is 13.8 Å². The van der Waals surface area contributed by atoms with Gasteiger partial charge in [0, 0.05) is 6.04 Å². The summed E-state index contributed by atoms with van der Waals surface area (Å²) in [6, 6.07) is -0.0681. The maximum absolute atomic E-state index is 12.3. The summed E-state index contributed by atoms with van der Waals surface area (Å²) in [5, 5.41) is 0. The average Bonchev–Trinajstić information content (AvgIpc) is 2.14. The van der Waals surface area contributed by atoms with Crippen molar-refractivity contribution in [2.24, 2.45) is 11.7 Å². The lowest BCUT2D eigenvalue weighted by molar-refractivity contribution is -0.149. The van der Waals surface area contributed by atoms with Gasteiger partial charge in [0.25, 0.3) is 0 Å². The molecule has 0 bridgehead atoms. The molecule has 0 radical (unpaired) electrons. The van der Waals surface area contributed by atoms with E-state index in [0.717, 1.165) is 19.3 Å². The van der Waals surface area contributed by atoms with Gasteiger partial charge in [0.15, 0.2) is 0 Å². The van der Waals surface area contributed by atoms with Gasteiger partial charge < -0.3 is 5.73 Å². The largest absolute Gasteiger partial charge is 0.401 e. The molecule has 0 aromatic rings. The van der Waals surface area contributed by atoms with Crippen LogP contribution in [-0.4, -0.2) is 36.8 Å². The summed E-state index contributed by atoms with van der Waals surface area (Å²) >= 11 is 0.